The second-order valence-corrected chi connectivity index (χ2v) is 4.91. The lowest BCUT2D eigenvalue weighted by molar-refractivity contribution is 0.000635. The summed E-state index contributed by atoms with van der Waals surface area (Å²) in [5.74, 6) is 0. The Kier molecular flexibility index (Phi) is 3.62. The standard InChI is InChI=1S/C14H20O2/c15-11-14(9-4-7-13(14)16)10-8-12-5-2-1-3-6-12/h1-3,5-6,13,15-16H,4,7-11H2. The van der Waals surface area contributed by atoms with Gasteiger partial charge in [0.15, 0.2) is 0 Å². The first-order valence-electron chi connectivity index (χ1n) is 6.10. The molecule has 1 aliphatic carbocycles. The molecule has 0 aliphatic heterocycles. The van der Waals surface area contributed by atoms with Gasteiger partial charge in [-0.2, -0.15) is 0 Å². The summed E-state index contributed by atoms with van der Waals surface area (Å²) in [6.07, 6.45) is 4.34. The summed E-state index contributed by atoms with van der Waals surface area (Å²) < 4.78 is 0. The van der Waals surface area contributed by atoms with E-state index >= 15 is 0 Å². The predicted octanol–water partition coefficient (Wildman–Crippen LogP) is 2.14. The largest absolute Gasteiger partial charge is 0.396 e. The molecule has 16 heavy (non-hydrogen) atoms. The van der Waals surface area contributed by atoms with E-state index in [1.165, 1.54) is 5.56 Å². The monoisotopic (exact) mass is 220 g/mol. The molecule has 2 unspecified atom stereocenters. The van der Waals surface area contributed by atoms with Crippen LogP contribution < -0.4 is 0 Å². The topological polar surface area (TPSA) is 40.5 Å². The third-order valence-electron chi connectivity index (χ3n) is 3.93. The van der Waals surface area contributed by atoms with Gasteiger partial charge in [-0.15, -0.1) is 0 Å². The average molecular weight is 220 g/mol. The summed E-state index contributed by atoms with van der Waals surface area (Å²) >= 11 is 0. The van der Waals surface area contributed by atoms with Crippen LogP contribution in [-0.2, 0) is 6.42 Å². The Hall–Kier alpha value is -0.860. The van der Waals surface area contributed by atoms with E-state index in [4.69, 9.17) is 0 Å². The highest BCUT2D eigenvalue weighted by molar-refractivity contribution is 5.15. The number of benzene rings is 1. The van der Waals surface area contributed by atoms with Crippen LogP contribution in [0.5, 0.6) is 0 Å². The molecule has 1 fully saturated rings. The number of aliphatic hydroxyl groups excluding tert-OH is 2. The van der Waals surface area contributed by atoms with Crippen LogP contribution in [-0.4, -0.2) is 22.9 Å². The number of aryl methyl sites for hydroxylation is 1. The molecule has 88 valence electrons. The minimum atomic E-state index is -0.318. The van der Waals surface area contributed by atoms with E-state index in [0.29, 0.717) is 0 Å². The molecule has 2 rings (SSSR count). The van der Waals surface area contributed by atoms with Gasteiger partial charge >= 0.3 is 0 Å². The van der Waals surface area contributed by atoms with E-state index in [1.807, 2.05) is 18.2 Å². The lowest BCUT2D eigenvalue weighted by Crippen LogP contribution is -2.34. The van der Waals surface area contributed by atoms with Crippen molar-refractivity contribution in [3.05, 3.63) is 35.9 Å². The number of aliphatic hydroxyl groups is 2. The SMILES string of the molecule is OCC1(CCc2ccccc2)CCCC1O. The van der Waals surface area contributed by atoms with E-state index in [-0.39, 0.29) is 18.1 Å². The molecule has 0 radical (unpaired) electrons. The molecule has 1 saturated carbocycles. The van der Waals surface area contributed by atoms with Crippen LogP contribution in [0.25, 0.3) is 0 Å². The summed E-state index contributed by atoms with van der Waals surface area (Å²) in [5, 5.41) is 19.5. The zero-order chi connectivity index (χ0) is 11.4. The third kappa shape index (κ3) is 2.28. The molecule has 2 atom stereocenters. The van der Waals surface area contributed by atoms with Gasteiger partial charge in [0.25, 0.3) is 0 Å². The van der Waals surface area contributed by atoms with Gasteiger partial charge in [0, 0.05) is 5.41 Å². The first kappa shape index (κ1) is 11.6. The highest BCUT2D eigenvalue weighted by Crippen LogP contribution is 2.41. The van der Waals surface area contributed by atoms with Crippen molar-refractivity contribution in [1.29, 1.82) is 0 Å². The van der Waals surface area contributed by atoms with Gasteiger partial charge < -0.3 is 10.2 Å². The Morgan fingerprint density at radius 1 is 1.25 bits per heavy atom. The molecular formula is C14H20O2. The number of hydrogen-bond donors (Lipinski definition) is 2. The van der Waals surface area contributed by atoms with E-state index in [9.17, 15) is 10.2 Å². The van der Waals surface area contributed by atoms with Gasteiger partial charge in [0.2, 0.25) is 0 Å². The summed E-state index contributed by atoms with van der Waals surface area (Å²) in [7, 11) is 0. The fraction of sp³-hybridized carbons (Fsp3) is 0.571. The molecule has 0 saturated heterocycles. The maximum atomic E-state index is 9.96. The van der Waals surface area contributed by atoms with Gasteiger partial charge in [-0.25, -0.2) is 0 Å². The molecule has 2 nitrogen and oxygen atoms in total. The zero-order valence-corrected chi connectivity index (χ0v) is 9.60. The summed E-state index contributed by atoms with van der Waals surface area (Å²) in [6, 6.07) is 10.3. The molecule has 1 aromatic carbocycles. The molecule has 0 bridgehead atoms. The van der Waals surface area contributed by atoms with Crippen LogP contribution in [0.1, 0.15) is 31.2 Å². The molecule has 0 amide bonds. The van der Waals surface area contributed by atoms with Crippen molar-refractivity contribution in [2.24, 2.45) is 5.41 Å². The maximum absolute atomic E-state index is 9.96. The second-order valence-electron chi connectivity index (χ2n) is 4.91. The number of hydrogen-bond acceptors (Lipinski definition) is 2. The first-order valence-corrected chi connectivity index (χ1v) is 6.10. The Morgan fingerprint density at radius 3 is 2.56 bits per heavy atom. The van der Waals surface area contributed by atoms with E-state index in [0.717, 1.165) is 32.1 Å². The summed E-state index contributed by atoms with van der Waals surface area (Å²) in [5.41, 5.74) is 1.05. The van der Waals surface area contributed by atoms with Crippen molar-refractivity contribution in [2.45, 2.75) is 38.2 Å². The minimum Gasteiger partial charge on any atom is -0.396 e. The molecule has 2 N–H and O–H groups in total. The molecule has 1 aromatic rings. The Balaban J connectivity index is 1.98. The lowest BCUT2D eigenvalue weighted by atomic mass is 9.79. The average Bonchev–Trinajstić information content (AvgIpc) is 2.70. The smallest absolute Gasteiger partial charge is 0.0618 e. The first-order chi connectivity index (χ1) is 7.77. The van der Waals surface area contributed by atoms with Crippen LogP contribution in [0.15, 0.2) is 30.3 Å². The van der Waals surface area contributed by atoms with Crippen molar-refractivity contribution in [3.8, 4) is 0 Å². The van der Waals surface area contributed by atoms with Crippen LogP contribution in [0.4, 0.5) is 0 Å². The maximum Gasteiger partial charge on any atom is 0.0618 e. The van der Waals surface area contributed by atoms with Gasteiger partial charge in [-0.1, -0.05) is 36.8 Å². The molecule has 0 heterocycles. The molecule has 0 spiro atoms. The summed E-state index contributed by atoms with van der Waals surface area (Å²) in [6.45, 7) is 0.112. The van der Waals surface area contributed by atoms with Crippen molar-refractivity contribution >= 4 is 0 Å². The van der Waals surface area contributed by atoms with E-state index in [1.54, 1.807) is 0 Å². The second kappa shape index (κ2) is 4.98. The predicted molar refractivity (Wildman–Crippen MR) is 64.1 cm³/mol. The van der Waals surface area contributed by atoms with Crippen molar-refractivity contribution < 1.29 is 10.2 Å². The van der Waals surface area contributed by atoms with Crippen molar-refractivity contribution in [3.63, 3.8) is 0 Å². The Labute approximate surface area is 96.9 Å². The fourth-order valence-corrected chi connectivity index (χ4v) is 2.71. The quantitative estimate of drug-likeness (QED) is 0.816. The Bertz CT molecular complexity index is 323. The minimum absolute atomic E-state index is 0.112. The van der Waals surface area contributed by atoms with Gasteiger partial charge in [-0.05, 0) is 31.2 Å². The number of rotatable bonds is 4. The van der Waals surface area contributed by atoms with Gasteiger partial charge in [-0.3, -0.25) is 0 Å². The van der Waals surface area contributed by atoms with Crippen molar-refractivity contribution in [1.82, 2.24) is 0 Å². The van der Waals surface area contributed by atoms with Crippen LogP contribution >= 0.6 is 0 Å². The zero-order valence-electron chi connectivity index (χ0n) is 9.60. The lowest BCUT2D eigenvalue weighted by Gasteiger charge is -2.30. The molecule has 2 heteroatoms. The highest BCUT2D eigenvalue weighted by Gasteiger charge is 2.40. The third-order valence-corrected chi connectivity index (χ3v) is 3.93. The fourth-order valence-electron chi connectivity index (χ4n) is 2.71. The van der Waals surface area contributed by atoms with E-state index in [2.05, 4.69) is 12.1 Å². The molecule has 1 aliphatic rings. The molecular weight excluding hydrogens is 200 g/mol. The van der Waals surface area contributed by atoms with Crippen LogP contribution in [0.3, 0.4) is 0 Å². The van der Waals surface area contributed by atoms with Crippen LogP contribution in [0.2, 0.25) is 0 Å². The van der Waals surface area contributed by atoms with E-state index < -0.39 is 0 Å². The highest BCUT2D eigenvalue weighted by atomic mass is 16.3. The van der Waals surface area contributed by atoms with Crippen LogP contribution in [0, 0.1) is 5.41 Å². The van der Waals surface area contributed by atoms with Gasteiger partial charge in [0.1, 0.15) is 0 Å². The van der Waals surface area contributed by atoms with Crippen molar-refractivity contribution in [2.75, 3.05) is 6.61 Å². The normalized spacial score (nSPS) is 29.5. The molecule has 0 aromatic heterocycles. The summed E-state index contributed by atoms with van der Waals surface area (Å²) in [4.78, 5) is 0. The van der Waals surface area contributed by atoms with Gasteiger partial charge in [0.05, 0.1) is 12.7 Å². The Morgan fingerprint density at radius 2 is 2.00 bits per heavy atom.